The Balaban J connectivity index is 2.16. The first-order valence-corrected chi connectivity index (χ1v) is 7.05. The normalized spacial score (nSPS) is 20.5. The van der Waals surface area contributed by atoms with E-state index in [-0.39, 0.29) is 6.54 Å². The maximum atomic E-state index is 14.2. The van der Waals surface area contributed by atoms with Crippen molar-refractivity contribution < 1.29 is 18.3 Å². The highest BCUT2D eigenvalue weighted by Crippen LogP contribution is 2.40. The van der Waals surface area contributed by atoms with Gasteiger partial charge in [-0.15, -0.1) is 6.42 Å². The molecule has 1 fully saturated rings. The zero-order chi connectivity index (χ0) is 16.5. The second kappa shape index (κ2) is 5.60. The summed E-state index contributed by atoms with van der Waals surface area (Å²) in [4.78, 5) is 13.0. The molecule has 22 heavy (non-hydrogen) atoms. The maximum Gasteiger partial charge on any atom is 0.410 e. The van der Waals surface area contributed by atoms with Crippen LogP contribution in [-0.2, 0) is 4.74 Å². The Morgan fingerprint density at radius 3 is 2.45 bits per heavy atom. The van der Waals surface area contributed by atoms with Gasteiger partial charge in [0, 0.05) is 12.1 Å². The van der Waals surface area contributed by atoms with Crippen molar-refractivity contribution in [3.63, 3.8) is 0 Å². The fraction of sp³-hybridized carbons (Fsp3) is 0.471. The molecule has 3 nitrogen and oxygen atoms in total. The number of hydrogen-bond donors (Lipinski definition) is 0. The van der Waals surface area contributed by atoms with Crippen LogP contribution < -0.4 is 0 Å². The molecule has 1 aromatic carbocycles. The highest BCUT2D eigenvalue weighted by molar-refractivity contribution is 5.69. The zero-order valence-electron chi connectivity index (χ0n) is 12.9. The van der Waals surface area contributed by atoms with Crippen LogP contribution in [0.4, 0.5) is 13.6 Å². The van der Waals surface area contributed by atoms with E-state index in [1.165, 1.54) is 0 Å². The maximum absolute atomic E-state index is 14.2. The summed E-state index contributed by atoms with van der Waals surface area (Å²) in [6.07, 6.45) is 4.55. The number of carbonyl (C=O) groups excluding carboxylic acids is 1. The molecule has 1 heterocycles. The second-order valence-corrected chi connectivity index (χ2v) is 6.44. The van der Waals surface area contributed by atoms with Gasteiger partial charge in [-0.3, -0.25) is 0 Å². The molecule has 1 amide bonds. The van der Waals surface area contributed by atoms with Crippen LogP contribution in [0.5, 0.6) is 0 Å². The van der Waals surface area contributed by atoms with Gasteiger partial charge in [-0.05, 0) is 38.5 Å². The Kier molecular flexibility index (Phi) is 4.15. The van der Waals surface area contributed by atoms with Crippen LogP contribution in [0.15, 0.2) is 24.3 Å². The zero-order valence-corrected chi connectivity index (χ0v) is 12.9. The highest BCUT2D eigenvalue weighted by atomic mass is 19.3. The van der Waals surface area contributed by atoms with Gasteiger partial charge in [0.1, 0.15) is 5.60 Å². The molecule has 1 aliphatic rings. The van der Waals surface area contributed by atoms with Crippen LogP contribution in [0.1, 0.15) is 37.8 Å². The van der Waals surface area contributed by atoms with E-state index < -0.39 is 30.1 Å². The number of rotatable bonds is 1. The molecule has 0 aliphatic carbocycles. The molecular formula is C17H19F2NO2. The van der Waals surface area contributed by atoms with Crippen molar-refractivity contribution in [3.8, 4) is 12.3 Å². The van der Waals surface area contributed by atoms with Gasteiger partial charge in [-0.1, -0.05) is 18.1 Å². The number of halogens is 2. The summed E-state index contributed by atoms with van der Waals surface area (Å²) < 4.78 is 33.6. The van der Waals surface area contributed by atoms with Crippen molar-refractivity contribution in [2.24, 2.45) is 0 Å². The number of nitrogens with zero attached hydrogens (tertiary/aromatic N) is 1. The molecule has 1 aliphatic heterocycles. The molecule has 1 atom stereocenters. The lowest BCUT2D eigenvalue weighted by atomic mass is 9.94. The van der Waals surface area contributed by atoms with E-state index in [0.29, 0.717) is 11.1 Å². The third-order valence-electron chi connectivity index (χ3n) is 3.45. The Labute approximate surface area is 129 Å². The molecular weight excluding hydrogens is 288 g/mol. The molecule has 1 saturated heterocycles. The fourth-order valence-electron chi connectivity index (χ4n) is 2.41. The molecule has 0 spiro atoms. The topological polar surface area (TPSA) is 29.5 Å². The monoisotopic (exact) mass is 307 g/mol. The largest absolute Gasteiger partial charge is 0.444 e. The highest BCUT2D eigenvalue weighted by Gasteiger charge is 2.50. The van der Waals surface area contributed by atoms with Gasteiger partial charge in [-0.25, -0.2) is 13.6 Å². The summed E-state index contributed by atoms with van der Waals surface area (Å²) in [6.45, 7) is 4.40. The van der Waals surface area contributed by atoms with E-state index in [2.05, 4.69) is 5.92 Å². The van der Waals surface area contributed by atoms with Crippen LogP contribution in [0.25, 0.3) is 0 Å². The van der Waals surface area contributed by atoms with Crippen molar-refractivity contribution in [1.82, 2.24) is 4.90 Å². The Morgan fingerprint density at radius 1 is 1.36 bits per heavy atom. The first kappa shape index (κ1) is 16.3. The lowest BCUT2D eigenvalue weighted by Crippen LogP contribution is -2.36. The number of hydrogen-bond acceptors (Lipinski definition) is 2. The molecule has 1 aromatic rings. The van der Waals surface area contributed by atoms with E-state index in [9.17, 15) is 13.6 Å². The lowest BCUT2D eigenvalue weighted by Gasteiger charge is -2.24. The minimum absolute atomic E-state index is 0.0721. The Bertz CT molecular complexity index is 597. The van der Waals surface area contributed by atoms with Crippen molar-refractivity contribution in [2.45, 2.75) is 38.2 Å². The fourth-order valence-corrected chi connectivity index (χ4v) is 2.41. The van der Waals surface area contributed by atoms with Gasteiger partial charge in [0.2, 0.25) is 0 Å². The second-order valence-electron chi connectivity index (χ2n) is 6.44. The van der Waals surface area contributed by atoms with Gasteiger partial charge >= 0.3 is 6.09 Å². The van der Waals surface area contributed by atoms with Crippen molar-refractivity contribution in [1.29, 1.82) is 0 Å². The standard InChI is InChI=1S/C17H19F2NO2/c1-5-12-6-8-13(9-7-12)14-10-20(11-17(14,18)19)15(21)22-16(2,3)4/h1,6-9,14H,10-11H2,2-4H3. The van der Waals surface area contributed by atoms with Crippen LogP contribution in [0, 0.1) is 12.3 Å². The average Bonchev–Trinajstić information content (AvgIpc) is 2.73. The van der Waals surface area contributed by atoms with Crippen molar-refractivity contribution >= 4 is 6.09 Å². The van der Waals surface area contributed by atoms with Gasteiger partial charge < -0.3 is 9.64 Å². The molecule has 0 radical (unpaired) electrons. The summed E-state index contributed by atoms with van der Waals surface area (Å²) in [6, 6.07) is 6.43. The Morgan fingerprint density at radius 2 is 1.95 bits per heavy atom. The summed E-state index contributed by atoms with van der Waals surface area (Å²) in [5.41, 5.74) is 0.392. The van der Waals surface area contributed by atoms with E-state index >= 15 is 0 Å². The minimum atomic E-state index is -2.99. The Hall–Kier alpha value is -2.09. The molecule has 5 heteroatoms. The number of amides is 1. The number of benzene rings is 1. The molecule has 118 valence electrons. The van der Waals surface area contributed by atoms with E-state index in [1.807, 2.05) is 0 Å². The summed E-state index contributed by atoms with van der Waals surface area (Å²) in [5, 5.41) is 0. The van der Waals surface area contributed by atoms with E-state index in [4.69, 9.17) is 11.2 Å². The summed E-state index contributed by atoms with van der Waals surface area (Å²) in [5.74, 6) is -1.59. The third-order valence-corrected chi connectivity index (χ3v) is 3.45. The third kappa shape index (κ3) is 3.56. The van der Waals surface area contributed by atoms with E-state index in [0.717, 1.165) is 4.90 Å². The van der Waals surface area contributed by atoms with E-state index in [1.54, 1.807) is 45.0 Å². The SMILES string of the molecule is C#Cc1ccc(C2CN(C(=O)OC(C)(C)C)CC2(F)F)cc1. The first-order valence-electron chi connectivity index (χ1n) is 7.05. The van der Waals surface area contributed by atoms with Gasteiger partial charge in [0.05, 0.1) is 12.5 Å². The first-order chi connectivity index (χ1) is 10.1. The lowest BCUT2D eigenvalue weighted by molar-refractivity contribution is -0.0109. The van der Waals surface area contributed by atoms with Crippen molar-refractivity contribution in [3.05, 3.63) is 35.4 Å². The molecule has 0 N–H and O–H groups in total. The van der Waals surface area contributed by atoms with Crippen LogP contribution in [0.2, 0.25) is 0 Å². The number of carbonyl (C=O) groups is 1. The van der Waals surface area contributed by atoms with Crippen LogP contribution in [0.3, 0.4) is 0 Å². The molecule has 2 rings (SSSR count). The smallest absolute Gasteiger partial charge is 0.410 e. The van der Waals surface area contributed by atoms with Gasteiger partial charge in [-0.2, -0.15) is 0 Å². The number of terminal acetylenes is 1. The number of ether oxygens (including phenoxy) is 1. The van der Waals surface area contributed by atoms with Crippen LogP contribution >= 0.6 is 0 Å². The predicted octanol–water partition coefficient (Wildman–Crippen LogP) is 3.64. The minimum Gasteiger partial charge on any atom is -0.444 e. The summed E-state index contributed by atoms with van der Waals surface area (Å²) >= 11 is 0. The summed E-state index contributed by atoms with van der Waals surface area (Å²) in [7, 11) is 0. The quantitative estimate of drug-likeness (QED) is 0.741. The van der Waals surface area contributed by atoms with Gasteiger partial charge in [0.15, 0.2) is 0 Å². The van der Waals surface area contributed by atoms with Crippen LogP contribution in [-0.4, -0.2) is 35.6 Å². The average molecular weight is 307 g/mol. The predicted molar refractivity (Wildman–Crippen MR) is 79.9 cm³/mol. The number of likely N-dealkylation sites (tertiary alicyclic amines) is 1. The molecule has 1 unspecified atom stereocenters. The molecule has 0 saturated carbocycles. The van der Waals surface area contributed by atoms with Crippen molar-refractivity contribution in [2.75, 3.05) is 13.1 Å². The molecule has 0 bridgehead atoms. The number of alkyl halides is 2. The van der Waals surface area contributed by atoms with Gasteiger partial charge in [0.25, 0.3) is 5.92 Å². The molecule has 0 aromatic heterocycles.